The van der Waals surface area contributed by atoms with Crippen molar-refractivity contribution in [2.45, 2.75) is 19.4 Å². The van der Waals surface area contributed by atoms with E-state index in [0.29, 0.717) is 12.5 Å². The minimum atomic E-state index is -0.242. The molecule has 1 aromatic carbocycles. The Morgan fingerprint density at radius 1 is 1.31 bits per heavy atom. The summed E-state index contributed by atoms with van der Waals surface area (Å²) in [5.74, 6) is 0. The van der Waals surface area contributed by atoms with Gasteiger partial charge in [-0.05, 0) is 25.5 Å². The maximum absolute atomic E-state index is 11.8. The van der Waals surface area contributed by atoms with E-state index in [1.807, 2.05) is 18.2 Å². The van der Waals surface area contributed by atoms with E-state index < -0.39 is 0 Å². The third-order valence-electron chi connectivity index (χ3n) is 2.06. The number of hydrogen-bond donors (Lipinski definition) is 1. The maximum atomic E-state index is 11.8. The summed E-state index contributed by atoms with van der Waals surface area (Å²) in [7, 11) is 0. The van der Waals surface area contributed by atoms with Gasteiger partial charge in [-0.1, -0.05) is 30.3 Å². The largest absolute Gasteiger partial charge is 0.310 e. The summed E-state index contributed by atoms with van der Waals surface area (Å²) in [6.45, 7) is 2.59. The minimum Gasteiger partial charge on any atom is -0.310 e. The second-order valence-corrected chi connectivity index (χ2v) is 3.13. The van der Waals surface area contributed by atoms with Gasteiger partial charge in [0.05, 0.1) is 6.67 Å². The highest BCUT2D eigenvalue weighted by Gasteiger charge is 2.01. The molecule has 0 aliphatic rings. The fourth-order valence-electron chi connectivity index (χ4n) is 1.24. The lowest BCUT2D eigenvalue weighted by Crippen LogP contribution is -2.20. The molecule has 2 heteroatoms. The third kappa shape index (κ3) is 3.55. The van der Waals surface area contributed by atoms with Crippen LogP contribution in [0.3, 0.4) is 0 Å². The Morgan fingerprint density at radius 3 is 2.62 bits per heavy atom. The van der Waals surface area contributed by atoms with Crippen LogP contribution in [0.2, 0.25) is 0 Å². The van der Waals surface area contributed by atoms with E-state index in [9.17, 15) is 4.39 Å². The van der Waals surface area contributed by atoms with Crippen LogP contribution in [0, 0.1) is 0 Å². The highest BCUT2D eigenvalue weighted by atomic mass is 19.1. The van der Waals surface area contributed by atoms with Crippen LogP contribution in [0.15, 0.2) is 30.3 Å². The molecule has 0 saturated heterocycles. The van der Waals surface area contributed by atoms with Crippen LogP contribution in [0.25, 0.3) is 0 Å². The lowest BCUT2D eigenvalue weighted by Gasteiger charge is -2.13. The summed E-state index contributed by atoms with van der Waals surface area (Å²) in [5, 5.41) is 3.26. The van der Waals surface area contributed by atoms with Crippen molar-refractivity contribution in [1.82, 2.24) is 5.32 Å². The van der Waals surface area contributed by atoms with Gasteiger partial charge in [0.2, 0.25) is 0 Å². The Bertz CT molecular complexity index is 223. The minimum absolute atomic E-state index is 0.242. The van der Waals surface area contributed by atoms with E-state index in [2.05, 4.69) is 24.4 Å². The molecule has 0 fully saturated rings. The number of halogens is 1. The molecule has 0 aliphatic heterocycles. The second kappa shape index (κ2) is 5.70. The molecule has 1 N–H and O–H groups in total. The Hall–Kier alpha value is -0.890. The molecule has 0 unspecified atom stereocenters. The number of alkyl halides is 1. The lowest BCUT2D eigenvalue weighted by atomic mass is 10.1. The summed E-state index contributed by atoms with van der Waals surface area (Å²) >= 11 is 0. The fraction of sp³-hybridized carbons (Fsp3) is 0.455. The van der Waals surface area contributed by atoms with E-state index in [-0.39, 0.29) is 6.67 Å². The smallest absolute Gasteiger partial charge is 0.0906 e. The van der Waals surface area contributed by atoms with Crippen LogP contribution >= 0.6 is 0 Å². The zero-order valence-corrected chi connectivity index (χ0v) is 7.96. The van der Waals surface area contributed by atoms with E-state index in [0.717, 1.165) is 6.54 Å². The van der Waals surface area contributed by atoms with E-state index in [1.165, 1.54) is 5.56 Å². The first-order chi connectivity index (χ1) is 6.34. The molecular formula is C11H16FN. The first-order valence-corrected chi connectivity index (χ1v) is 4.69. The molecule has 0 heterocycles. The monoisotopic (exact) mass is 181 g/mol. The van der Waals surface area contributed by atoms with E-state index in [4.69, 9.17) is 0 Å². The van der Waals surface area contributed by atoms with Crippen LogP contribution in [-0.2, 0) is 0 Å². The van der Waals surface area contributed by atoms with Crippen molar-refractivity contribution in [3.8, 4) is 0 Å². The topological polar surface area (TPSA) is 12.0 Å². The molecule has 0 spiro atoms. The van der Waals surface area contributed by atoms with Crippen molar-refractivity contribution in [3.63, 3.8) is 0 Å². The third-order valence-corrected chi connectivity index (χ3v) is 2.06. The normalized spacial score (nSPS) is 12.8. The highest BCUT2D eigenvalue weighted by molar-refractivity contribution is 5.17. The predicted molar refractivity (Wildman–Crippen MR) is 53.5 cm³/mol. The van der Waals surface area contributed by atoms with E-state index >= 15 is 0 Å². The van der Waals surface area contributed by atoms with Crippen molar-refractivity contribution < 1.29 is 4.39 Å². The first-order valence-electron chi connectivity index (χ1n) is 4.69. The molecule has 72 valence electrons. The SMILES string of the molecule is C[C@@H](NCCCF)c1ccccc1. The van der Waals surface area contributed by atoms with Gasteiger partial charge < -0.3 is 5.32 Å². The van der Waals surface area contributed by atoms with Gasteiger partial charge in [-0.2, -0.15) is 0 Å². The zero-order valence-electron chi connectivity index (χ0n) is 7.96. The second-order valence-electron chi connectivity index (χ2n) is 3.13. The lowest BCUT2D eigenvalue weighted by molar-refractivity contribution is 0.446. The fourth-order valence-corrected chi connectivity index (χ4v) is 1.24. The molecule has 1 atom stereocenters. The quantitative estimate of drug-likeness (QED) is 0.689. The summed E-state index contributed by atoms with van der Waals surface area (Å²) in [6.07, 6.45) is 0.594. The molecule has 0 saturated carbocycles. The Balaban J connectivity index is 2.35. The Kier molecular flexibility index (Phi) is 4.47. The Morgan fingerprint density at radius 2 is 2.00 bits per heavy atom. The number of hydrogen-bond acceptors (Lipinski definition) is 1. The van der Waals surface area contributed by atoms with Crippen LogP contribution in [0.5, 0.6) is 0 Å². The standard InChI is InChI=1S/C11H16FN/c1-10(13-9-5-8-12)11-6-3-2-4-7-11/h2-4,6-7,10,13H,5,8-9H2,1H3/t10-/m1/s1. The molecule has 0 aromatic heterocycles. The average Bonchev–Trinajstić information content (AvgIpc) is 2.19. The van der Waals surface area contributed by atoms with Gasteiger partial charge in [0.15, 0.2) is 0 Å². The van der Waals surface area contributed by atoms with Gasteiger partial charge in [0, 0.05) is 6.04 Å². The number of benzene rings is 1. The van der Waals surface area contributed by atoms with Crippen LogP contribution in [0.1, 0.15) is 24.9 Å². The highest BCUT2D eigenvalue weighted by Crippen LogP contribution is 2.10. The first kappa shape index (κ1) is 10.2. The zero-order chi connectivity index (χ0) is 9.52. The van der Waals surface area contributed by atoms with Crippen LogP contribution in [0.4, 0.5) is 4.39 Å². The molecule has 1 aromatic rings. The predicted octanol–water partition coefficient (Wildman–Crippen LogP) is 2.70. The average molecular weight is 181 g/mol. The van der Waals surface area contributed by atoms with E-state index in [1.54, 1.807) is 0 Å². The van der Waals surface area contributed by atoms with Gasteiger partial charge in [-0.25, -0.2) is 0 Å². The Labute approximate surface area is 79.0 Å². The molecule has 0 aliphatic carbocycles. The van der Waals surface area contributed by atoms with Crippen molar-refractivity contribution in [1.29, 1.82) is 0 Å². The van der Waals surface area contributed by atoms with Gasteiger partial charge in [0.25, 0.3) is 0 Å². The molecule has 0 radical (unpaired) electrons. The summed E-state index contributed by atoms with van der Waals surface area (Å²) < 4.78 is 11.8. The van der Waals surface area contributed by atoms with Gasteiger partial charge >= 0.3 is 0 Å². The van der Waals surface area contributed by atoms with Crippen LogP contribution < -0.4 is 5.32 Å². The van der Waals surface area contributed by atoms with Crippen molar-refractivity contribution >= 4 is 0 Å². The molecule has 0 bridgehead atoms. The summed E-state index contributed by atoms with van der Waals surface area (Å²) in [4.78, 5) is 0. The molecular weight excluding hydrogens is 165 g/mol. The summed E-state index contributed by atoms with van der Waals surface area (Å²) in [6, 6.07) is 10.5. The molecule has 1 nitrogen and oxygen atoms in total. The van der Waals surface area contributed by atoms with Gasteiger partial charge in [-0.15, -0.1) is 0 Å². The van der Waals surface area contributed by atoms with Crippen molar-refractivity contribution in [2.75, 3.05) is 13.2 Å². The molecule has 13 heavy (non-hydrogen) atoms. The number of nitrogens with one attached hydrogen (secondary N) is 1. The summed E-state index contributed by atoms with van der Waals surface area (Å²) in [5.41, 5.74) is 1.25. The van der Waals surface area contributed by atoms with Crippen LogP contribution in [-0.4, -0.2) is 13.2 Å². The maximum Gasteiger partial charge on any atom is 0.0906 e. The molecule has 0 amide bonds. The number of rotatable bonds is 5. The van der Waals surface area contributed by atoms with Crippen molar-refractivity contribution in [3.05, 3.63) is 35.9 Å². The van der Waals surface area contributed by atoms with Crippen molar-refractivity contribution in [2.24, 2.45) is 0 Å². The molecule has 1 rings (SSSR count). The van der Waals surface area contributed by atoms with Gasteiger partial charge in [-0.3, -0.25) is 4.39 Å². The van der Waals surface area contributed by atoms with Gasteiger partial charge in [0.1, 0.15) is 0 Å².